The highest BCUT2D eigenvalue weighted by Crippen LogP contribution is 2.37. The van der Waals surface area contributed by atoms with Gasteiger partial charge in [-0.15, -0.1) is 0 Å². The molecule has 1 aromatic heterocycles. The highest BCUT2D eigenvalue weighted by molar-refractivity contribution is 5.97. The summed E-state index contributed by atoms with van der Waals surface area (Å²) >= 11 is 0. The average Bonchev–Trinajstić information content (AvgIpc) is 3.45. The number of amides is 1. The fourth-order valence-electron chi connectivity index (χ4n) is 4.92. The van der Waals surface area contributed by atoms with E-state index in [2.05, 4.69) is 36.6 Å². The first-order valence-electron chi connectivity index (χ1n) is 12.7. The molecule has 1 aliphatic heterocycles. The van der Waals surface area contributed by atoms with Gasteiger partial charge in [0.25, 0.3) is 0 Å². The molecule has 0 radical (unpaired) electrons. The predicted octanol–water partition coefficient (Wildman–Crippen LogP) is 6.16. The molecule has 36 heavy (non-hydrogen) atoms. The Hall–Kier alpha value is -3.80. The summed E-state index contributed by atoms with van der Waals surface area (Å²) in [7, 11) is 0. The Balaban J connectivity index is 1.37. The first-order chi connectivity index (χ1) is 17.5. The Morgan fingerprint density at radius 1 is 0.972 bits per heavy atom. The van der Waals surface area contributed by atoms with Crippen LogP contribution in [0.5, 0.6) is 11.5 Å². The second-order valence-corrected chi connectivity index (χ2v) is 9.49. The van der Waals surface area contributed by atoms with Gasteiger partial charge >= 0.3 is 0 Å². The number of imidazole rings is 1. The van der Waals surface area contributed by atoms with Gasteiger partial charge in [0.05, 0.1) is 29.9 Å². The molecule has 0 N–H and O–H groups in total. The van der Waals surface area contributed by atoms with Gasteiger partial charge in [-0.3, -0.25) is 4.79 Å². The molecule has 1 unspecified atom stereocenters. The van der Waals surface area contributed by atoms with Crippen molar-refractivity contribution >= 4 is 22.6 Å². The van der Waals surface area contributed by atoms with Gasteiger partial charge in [0.15, 0.2) is 0 Å². The number of anilines is 1. The zero-order valence-corrected chi connectivity index (χ0v) is 21.2. The molecule has 1 amide bonds. The topological polar surface area (TPSA) is 56.6 Å². The maximum absolute atomic E-state index is 13.1. The summed E-state index contributed by atoms with van der Waals surface area (Å²) < 4.78 is 14.1. The molecule has 186 valence electrons. The lowest BCUT2D eigenvalue weighted by Crippen LogP contribution is -2.25. The summed E-state index contributed by atoms with van der Waals surface area (Å²) in [6.45, 7) is 8.63. The van der Waals surface area contributed by atoms with Crippen LogP contribution in [-0.2, 0) is 11.3 Å². The molecule has 0 saturated carbocycles. The van der Waals surface area contributed by atoms with Crippen LogP contribution >= 0.6 is 0 Å². The van der Waals surface area contributed by atoms with E-state index in [1.54, 1.807) is 0 Å². The van der Waals surface area contributed by atoms with E-state index in [0.29, 0.717) is 38.6 Å². The van der Waals surface area contributed by atoms with Crippen LogP contribution in [0.2, 0.25) is 0 Å². The van der Waals surface area contributed by atoms with Crippen molar-refractivity contribution in [3.8, 4) is 11.5 Å². The number of carbonyl (C=O) groups is 1. The number of hydrogen-bond donors (Lipinski definition) is 0. The molecular formula is C30H33N3O3. The van der Waals surface area contributed by atoms with Crippen molar-refractivity contribution in [1.82, 2.24) is 9.55 Å². The largest absolute Gasteiger partial charge is 0.492 e. The predicted molar refractivity (Wildman–Crippen MR) is 143 cm³/mol. The number of benzene rings is 3. The van der Waals surface area contributed by atoms with Crippen molar-refractivity contribution in [3.63, 3.8) is 0 Å². The SMILES string of the molecule is CCOc1ccccc1N1CC(c2nc3ccccc3n2CCOc2ccc(C(C)C)cc2)CC1=O. The zero-order chi connectivity index (χ0) is 25.1. The molecule has 1 aliphatic rings. The van der Waals surface area contributed by atoms with E-state index in [1.165, 1.54) is 5.56 Å². The van der Waals surface area contributed by atoms with Gasteiger partial charge in [0.2, 0.25) is 5.91 Å². The third-order valence-corrected chi connectivity index (χ3v) is 6.76. The molecule has 0 aliphatic carbocycles. The van der Waals surface area contributed by atoms with Gasteiger partial charge < -0.3 is 18.9 Å². The number of hydrogen-bond acceptors (Lipinski definition) is 4. The summed E-state index contributed by atoms with van der Waals surface area (Å²) in [5, 5.41) is 0. The fourth-order valence-corrected chi connectivity index (χ4v) is 4.92. The Labute approximate surface area is 212 Å². The summed E-state index contributed by atoms with van der Waals surface area (Å²) in [6.07, 6.45) is 0.418. The van der Waals surface area contributed by atoms with Crippen LogP contribution in [0.15, 0.2) is 72.8 Å². The normalized spacial score (nSPS) is 15.7. The number of carbonyl (C=O) groups excluding carboxylic acids is 1. The van der Waals surface area contributed by atoms with Crippen molar-refractivity contribution in [2.45, 2.75) is 45.6 Å². The minimum absolute atomic E-state index is 0.00934. The van der Waals surface area contributed by atoms with Crippen LogP contribution in [-0.4, -0.2) is 35.2 Å². The Bertz CT molecular complexity index is 1340. The van der Waals surface area contributed by atoms with Crippen molar-refractivity contribution in [2.24, 2.45) is 0 Å². The lowest BCUT2D eigenvalue weighted by molar-refractivity contribution is -0.117. The summed E-state index contributed by atoms with van der Waals surface area (Å²) in [4.78, 5) is 19.9. The van der Waals surface area contributed by atoms with Crippen LogP contribution in [0.4, 0.5) is 5.69 Å². The summed E-state index contributed by atoms with van der Waals surface area (Å²) in [5.41, 5.74) is 4.12. The highest BCUT2D eigenvalue weighted by Gasteiger charge is 2.36. The van der Waals surface area contributed by atoms with E-state index in [4.69, 9.17) is 14.5 Å². The highest BCUT2D eigenvalue weighted by atomic mass is 16.5. The molecule has 6 nitrogen and oxygen atoms in total. The molecule has 2 heterocycles. The molecule has 1 fully saturated rings. The molecule has 3 aromatic carbocycles. The first kappa shape index (κ1) is 23.9. The fraction of sp³-hybridized carbons (Fsp3) is 0.333. The van der Waals surface area contributed by atoms with Gasteiger partial charge in [-0.2, -0.15) is 0 Å². The third kappa shape index (κ3) is 4.81. The number of para-hydroxylation sites is 4. The van der Waals surface area contributed by atoms with E-state index in [1.807, 2.05) is 66.4 Å². The first-order valence-corrected chi connectivity index (χ1v) is 12.7. The molecule has 4 aromatic rings. The monoisotopic (exact) mass is 483 g/mol. The Morgan fingerprint density at radius 3 is 2.50 bits per heavy atom. The standard InChI is InChI=1S/C30H33N3O3/c1-4-35-28-12-8-7-11-27(28)33-20-23(19-29(33)34)30-31-25-9-5-6-10-26(25)32(30)17-18-36-24-15-13-22(14-16-24)21(2)3/h5-16,21,23H,4,17-20H2,1-3H3. The maximum atomic E-state index is 13.1. The van der Waals surface area contributed by atoms with Crippen molar-refractivity contribution < 1.29 is 14.3 Å². The van der Waals surface area contributed by atoms with Crippen molar-refractivity contribution in [3.05, 3.63) is 84.2 Å². The summed E-state index contributed by atoms with van der Waals surface area (Å²) in [5.74, 6) is 3.10. The van der Waals surface area contributed by atoms with Gasteiger partial charge in [-0.25, -0.2) is 4.98 Å². The van der Waals surface area contributed by atoms with E-state index >= 15 is 0 Å². The van der Waals surface area contributed by atoms with Gasteiger partial charge in [0.1, 0.15) is 23.9 Å². The minimum atomic E-state index is -0.00934. The second kappa shape index (κ2) is 10.4. The minimum Gasteiger partial charge on any atom is -0.492 e. The van der Waals surface area contributed by atoms with Crippen molar-refractivity contribution in [1.29, 1.82) is 0 Å². The van der Waals surface area contributed by atoms with Gasteiger partial charge in [-0.05, 0) is 54.8 Å². The van der Waals surface area contributed by atoms with Crippen LogP contribution in [0, 0.1) is 0 Å². The quantitative estimate of drug-likeness (QED) is 0.286. The molecule has 5 rings (SSSR count). The third-order valence-electron chi connectivity index (χ3n) is 6.76. The average molecular weight is 484 g/mol. The number of fused-ring (bicyclic) bond motifs is 1. The maximum Gasteiger partial charge on any atom is 0.227 e. The van der Waals surface area contributed by atoms with E-state index < -0.39 is 0 Å². The van der Waals surface area contributed by atoms with Crippen molar-refractivity contribution in [2.75, 3.05) is 24.7 Å². The van der Waals surface area contributed by atoms with E-state index in [-0.39, 0.29) is 11.8 Å². The zero-order valence-electron chi connectivity index (χ0n) is 21.2. The molecular weight excluding hydrogens is 450 g/mol. The Morgan fingerprint density at radius 2 is 1.72 bits per heavy atom. The molecule has 1 atom stereocenters. The molecule has 0 spiro atoms. The second-order valence-electron chi connectivity index (χ2n) is 9.49. The van der Waals surface area contributed by atoms with Gasteiger partial charge in [-0.1, -0.05) is 50.2 Å². The molecule has 0 bridgehead atoms. The van der Waals surface area contributed by atoms with Crippen LogP contribution in [0.25, 0.3) is 11.0 Å². The lowest BCUT2D eigenvalue weighted by atomic mass is 10.0. The smallest absolute Gasteiger partial charge is 0.227 e. The number of rotatable bonds is 9. The van der Waals surface area contributed by atoms with E-state index in [0.717, 1.165) is 34.0 Å². The van der Waals surface area contributed by atoms with E-state index in [9.17, 15) is 4.79 Å². The van der Waals surface area contributed by atoms with Crippen LogP contribution in [0.1, 0.15) is 50.4 Å². The summed E-state index contributed by atoms with van der Waals surface area (Å²) in [6, 6.07) is 24.2. The molecule has 6 heteroatoms. The van der Waals surface area contributed by atoms with Crippen LogP contribution in [0.3, 0.4) is 0 Å². The molecule has 1 saturated heterocycles. The number of ether oxygens (including phenoxy) is 2. The van der Waals surface area contributed by atoms with Crippen LogP contribution < -0.4 is 14.4 Å². The number of nitrogens with zero attached hydrogens (tertiary/aromatic N) is 3. The van der Waals surface area contributed by atoms with Gasteiger partial charge in [0, 0.05) is 18.9 Å². The number of aromatic nitrogens is 2. The lowest BCUT2D eigenvalue weighted by Gasteiger charge is -2.20. The Kier molecular flexibility index (Phi) is 6.94.